The summed E-state index contributed by atoms with van der Waals surface area (Å²) in [7, 11) is -2.72. The molecule has 1 rings (SSSR count). The van der Waals surface area contributed by atoms with Gasteiger partial charge in [-0.2, -0.15) is 6.04 Å². The van der Waals surface area contributed by atoms with E-state index in [2.05, 4.69) is 58.9 Å². The third-order valence-corrected chi connectivity index (χ3v) is 90.3. The molecule has 1 heterocycles. The van der Waals surface area contributed by atoms with Crippen molar-refractivity contribution in [3.8, 4) is 0 Å². The van der Waals surface area contributed by atoms with Gasteiger partial charge in [-0.25, -0.2) is 0 Å². The Morgan fingerprint density at radius 2 is 1.17 bits per heavy atom. The van der Waals surface area contributed by atoms with Gasteiger partial charge in [-0.1, -0.05) is 77.8 Å². The van der Waals surface area contributed by atoms with Gasteiger partial charge in [0.15, 0.2) is 0 Å². The molecule has 0 aliphatic carbocycles. The molecule has 0 N–H and O–H groups in total. The van der Waals surface area contributed by atoms with E-state index < -0.39 is 29.4 Å². The van der Waals surface area contributed by atoms with Crippen molar-refractivity contribution in [1.82, 2.24) is 0 Å². The van der Waals surface area contributed by atoms with E-state index in [-0.39, 0.29) is 7.83 Å². The molecule has 0 atom stereocenters. The van der Waals surface area contributed by atoms with Crippen molar-refractivity contribution in [1.29, 1.82) is 0 Å². The Morgan fingerprint density at radius 3 is 1.44 bits per heavy atom. The maximum absolute atomic E-state index is 2.76. The number of hydrogen-bond acceptors (Lipinski definition) is 0. The van der Waals surface area contributed by atoms with Crippen molar-refractivity contribution in [2.45, 2.75) is 83.9 Å². The fourth-order valence-electron chi connectivity index (χ4n) is 4.85. The summed E-state index contributed by atoms with van der Waals surface area (Å²) in [5.74, 6) is 0. The average Bonchev–Trinajstić information content (AvgIpc) is 2.12. The van der Waals surface area contributed by atoms with Crippen LogP contribution in [-0.2, 0) is 0 Å². The highest BCUT2D eigenvalue weighted by Gasteiger charge is 2.52. The van der Waals surface area contributed by atoms with E-state index >= 15 is 0 Å². The fourth-order valence-corrected chi connectivity index (χ4v) is 134. The zero-order valence-electron chi connectivity index (χ0n) is 14.3. The lowest BCUT2D eigenvalue weighted by atomic mass is 10.4. The van der Waals surface area contributed by atoms with E-state index in [1.807, 2.05) is 0 Å². The third-order valence-electron chi connectivity index (χ3n) is 5.21. The maximum atomic E-state index is 2.76. The number of hydrogen-bond donors (Lipinski definition) is 0. The monoisotopic (exact) mass is 331 g/mol. The van der Waals surface area contributed by atoms with E-state index in [1.165, 1.54) is 0 Å². The van der Waals surface area contributed by atoms with Gasteiger partial charge in [-0.05, 0) is 0 Å². The standard InChI is InChI=1S/C13H35Si5/c1-15(2,3)14-12-10-11-13-18(14,16(4,5)6)17(7,8)9/h10-13H2,1-9H3/q-1. The van der Waals surface area contributed by atoms with Crippen LogP contribution >= 0.6 is 0 Å². The molecule has 0 aromatic rings. The van der Waals surface area contributed by atoms with Crippen LogP contribution in [0, 0.1) is 0 Å². The summed E-state index contributed by atoms with van der Waals surface area (Å²) in [6, 6.07) is 3.46. The number of rotatable bonds is 3. The Labute approximate surface area is 121 Å². The summed E-state index contributed by atoms with van der Waals surface area (Å²) in [6.07, 6.45) is 3.18. The van der Waals surface area contributed by atoms with Gasteiger partial charge in [0.2, 0.25) is 0 Å². The molecule has 0 nitrogen and oxygen atoms in total. The van der Waals surface area contributed by atoms with E-state index in [4.69, 9.17) is 0 Å². The first-order valence-corrected chi connectivity index (χ1v) is 26.1. The zero-order valence-corrected chi connectivity index (χ0v) is 19.3. The molecule has 0 amide bonds. The first-order chi connectivity index (χ1) is 7.84. The Kier molecular flexibility index (Phi) is 4.88. The molecule has 0 radical (unpaired) electrons. The Morgan fingerprint density at radius 1 is 0.722 bits per heavy atom. The first-order valence-electron chi connectivity index (χ1n) is 7.71. The quantitative estimate of drug-likeness (QED) is 0.635. The minimum Gasteiger partial charge on any atom is -0.258 e. The molecule has 108 valence electrons. The van der Waals surface area contributed by atoms with Crippen molar-refractivity contribution < 1.29 is 0 Å². The van der Waals surface area contributed by atoms with Crippen molar-refractivity contribution in [2.24, 2.45) is 0 Å². The molecular formula is C13H35Si5-. The van der Waals surface area contributed by atoms with Crippen molar-refractivity contribution >= 4 is 37.2 Å². The summed E-state index contributed by atoms with van der Waals surface area (Å²) in [5.41, 5.74) is 0. The van der Waals surface area contributed by atoms with E-state index in [1.54, 1.807) is 24.9 Å². The Balaban J connectivity index is 3.38. The van der Waals surface area contributed by atoms with E-state index in [9.17, 15) is 0 Å². The van der Waals surface area contributed by atoms with Crippen LogP contribution in [0.1, 0.15) is 12.8 Å². The Bertz CT molecular complexity index is 278. The van der Waals surface area contributed by atoms with Crippen molar-refractivity contribution in [3.05, 3.63) is 0 Å². The minimum atomic E-state index is -0.934. The largest absolute Gasteiger partial charge is 0.258 e. The minimum absolute atomic E-state index is 0.0253. The molecule has 0 unspecified atom stereocenters. The lowest BCUT2D eigenvalue weighted by Gasteiger charge is -2.70. The van der Waals surface area contributed by atoms with Gasteiger partial charge >= 0.3 is 0 Å². The summed E-state index contributed by atoms with van der Waals surface area (Å²) < 4.78 is 0. The van der Waals surface area contributed by atoms with Gasteiger partial charge in [0.25, 0.3) is 0 Å². The highest BCUT2D eigenvalue weighted by Crippen LogP contribution is 2.43. The lowest BCUT2D eigenvalue weighted by molar-refractivity contribution is 0.857. The molecule has 0 aromatic heterocycles. The van der Waals surface area contributed by atoms with Gasteiger partial charge < -0.3 is 0 Å². The summed E-state index contributed by atoms with van der Waals surface area (Å²) >= 11 is 0. The summed E-state index contributed by atoms with van der Waals surface area (Å²) in [5, 5.41) is 0. The normalized spacial score (nSPS) is 23.2. The maximum Gasteiger partial charge on any atom is 0.00319 e. The van der Waals surface area contributed by atoms with Crippen LogP contribution in [0.5, 0.6) is 0 Å². The lowest BCUT2D eigenvalue weighted by Crippen LogP contribution is -2.84. The topological polar surface area (TPSA) is 0 Å². The van der Waals surface area contributed by atoms with Gasteiger partial charge in [0, 0.05) is 15.2 Å². The van der Waals surface area contributed by atoms with Gasteiger partial charge in [-0.3, -0.25) is 7.83 Å². The summed E-state index contributed by atoms with van der Waals surface area (Å²) in [4.78, 5) is 0. The van der Waals surface area contributed by atoms with Crippen LogP contribution in [0.4, 0.5) is 0 Å². The van der Waals surface area contributed by atoms with Gasteiger partial charge in [0.05, 0.1) is 0 Å². The SMILES string of the molecule is C[Si](C)(C)[Si-]1CCCC[Si]1([Si](C)(C)C)[Si](C)(C)C. The van der Waals surface area contributed by atoms with Gasteiger partial charge in [-0.15, -0.1) is 14.2 Å². The smallest absolute Gasteiger partial charge is 0.00319 e. The summed E-state index contributed by atoms with van der Waals surface area (Å²) in [6.45, 7) is 23.8. The van der Waals surface area contributed by atoms with Crippen molar-refractivity contribution in [3.63, 3.8) is 0 Å². The molecule has 5 heteroatoms. The predicted molar refractivity (Wildman–Crippen MR) is 100 cm³/mol. The molecule has 0 saturated carbocycles. The molecule has 1 fully saturated rings. The molecule has 1 aliphatic heterocycles. The predicted octanol–water partition coefficient (Wildman–Crippen LogP) is 5.05. The second-order valence-electron chi connectivity index (χ2n) is 9.34. The van der Waals surface area contributed by atoms with Crippen LogP contribution in [0.25, 0.3) is 0 Å². The third kappa shape index (κ3) is 2.89. The Hall–Kier alpha value is 1.08. The highest BCUT2D eigenvalue weighted by molar-refractivity contribution is 7.94. The highest BCUT2D eigenvalue weighted by atomic mass is 30.0. The second kappa shape index (κ2) is 5.13. The molecular weight excluding hydrogens is 297 g/mol. The van der Waals surface area contributed by atoms with Crippen molar-refractivity contribution in [2.75, 3.05) is 0 Å². The van der Waals surface area contributed by atoms with Crippen LogP contribution in [0.2, 0.25) is 71.0 Å². The molecule has 0 aromatic carbocycles. The van der Waals surface area contributed by atoms with Crippen LogP contribution in [0.15, 0.2) is 0 Å². The van der Waals surface area contributed by atoms with Crippen LogP contribution < -0.4 is 0 Å². The average molecular weight is 332 g/mol. The molecule has 18 heavy (non-hydrogen) atoms. The van der Waals surface area contributed by atoms with E-state index in [0.29, 0.717) is 0 Å². The van der Waals surface area contributed by atoms with Crippen LogP contribution in [-0.4, -0.2) is 37.2 Å². The molecule has 0 spiro atoms. The first kappa shape index (κ1) is 17.1. The molecule has 0 bridgehead atoms. The fraction of sp³-hybridized carbons (Fsp3) is 1.00. The molecule has 1 saturated heterocycles. The second-order valence-corrected chi connectivity index (χ2v) is 57.4. The van der Waals surface area contributed by atoms with E-state index in [0.717, 1.165) is 0 Å². The zero-order chi connectivity index (χ0) is 14.4. The molecule has 1 aliphatic rings. The van der Waals surface area contributed by atoms with Crippen LogP contribution in [0.3, 0.4) is 0 Å². The van der Waals surface area contributed by atoms with Gasteiger partial charge in [0.1, 0.15) is 0 Å².